The Labute approximate surface area is 93.1 Å². The molecule has 0 saturated heterocycles. The van der Waals surface area contributed by atoms with Crippen LogP contribution in [0.2, 0.25) is 0 Å². The fraction of sp³-hybridized carbons (Fsp3) is 0.615. The molecule has 0 radical (unpaired) electrons. The molecule has 1 atom stereocenters. The van der Waals surface area contributed by atoms with Crippen molar-refractivity contribution in [2.45, 2.75) is 52.1 Å². The first kappa shape index (κ1) is 12.2. The van der Waals surface area contributed by atoms with E-state index in [1.807, 2.05) is 12.4 Å². The van der Waals surface area contributed by atoms with E-state index in [1.165, 1.54) is 31.2 Å². The van der Waals surface area contributed by atoms with Gasteiger partial charge in [-0.15, -0.1) is 0 Å². The van der Waals surface area contributed by atoms with Crippen LogP contribution in [-0.2, 0) is 6.54 Å². The van der Waals surface area contributed by atoms with Crippen molar-refractivity contribution in [2.24, 2.45) is 0 Å². The van der Waals surface area contributed by atoms with Gasteiger partial charge in [-0.25, -0.2) is 0 Å². The number of unbranched alkanes of at least 4 members (excludes halogenated alkanes) is 2. The number of hydrogen-bond donors (Lipinski definition) is 1. The van der Waals surface area contributed by atoms with Crippen molar-refractivity contribution in [1.29, 1.82) is 0 Å². The predicted molar refractivity (Wildman–Crippen MR) is 64.7 cm³/mol. The summed E-state index contributed by atoms with van der Waals surface area (Å²) in [5, 5.41) is 3.53. The Morgan fingerprint density at radius 3 is 2.67 bits per heavy atom. The molecular formula is C13H22N2. The summed E-state index contributed by atoms with van der Waals surface area (Å²) in [6, 6.07) is 4.74. The number of rotatable bonds is 7. The lowest BCUT2D eigenvalue weighted by Gasteiger charge is -2.13. The number of aromatic nitrogens is 1. The lowest BCUT2D eigenvalue weighted by atomic mass is 10.1. The molecule has 0 aromatic carbocycles. The molecule has 0 amide bonds. The fourth-order valence-electron chi connectivity index (χ4n) is 1.60. The highest BCUT2D eigenvalue weighted by Crippen LogP contribution is 2.04. The molecule has 15 heavy (non-hydrogen) atoms. The topological polar surface area (TPSA) is 24.9 Å². The van der Waals surface area contributed by atoms with Gasteiger partial charge in [0.2, 0.25) is 0 Å². The minimum atomic E-state index is 0.615. The van der Waals surface area contributed by atoms with E-state index in [0.29, 0.717) is 6.04 Å². The van der Waals surface area contributed by atoms with Crippen LogP contribution in [0.1, 0.15) is 45.1 Å². The molecule has 2 nitrogen and oxygen atoms in total. The van der Waals surface area contributed by atoms with E-state index >= 15 is 0 Å². The Balaban J connectivity index is 2.14. The van der Waals surface area contributed by atoms with Crippen LogP contribution in [-0.4, -0.2) is 11.0 Å². The maximum absolute atomic E-state index is 4.01. The lowest BCUT2D eigenvalue weighted by molar-refractivity contribution is 0.487. The molecular weight excluding hydrogens is 184 g/mol. The standard InChI is InChI=1S/C13H22N2/c1-3-4-5-6-12(2)15-11-13-7-9-14-10-8-13/h7-10,12,15H,3-6,11H2,1-2H3. The zero-order valence-corrected chi connectivity index (χ0v) is 9.87. The van der Waals surface area contributed by atoms with Gasteiger partial charge in [0.25, 0.3) is 0 Å². The highest BCUT2D eigenvalue weighted by Gasteiger charge is 2.00. The Bertz CT molecular complexity index is 246. The molecule has 1 aromatic heterocycles. The van der Waals surface area contributed by atoms with Crippen molar-refractivity contribution >= 4 is 0 Å². The van der Waals surface area contributed by atoms with Crippen molar-refractivity contribution in [3.05, 3.63) is 30.1 Å². The van der Waals surface area contributed by atoms with Crippen LogP contribution >= 0.6 is 0 Å². The molecule has 1 rings (SSSR count). The summed E-state index contributed by atoms with van der Waals surface area (Å²) >= 11 is 0. The number of hydrogen-bond acceptors (Lipinski definition) is 2. The van der Waals surface area contributed by atoms with Crippen LogP contribution in [0.4, 0.5) is 0 Å². The van der Waals surface area contributed by atoms with Crippen molar-refractivity contribution < 1.29 is 0 Å². The van der Waals surface area contributed by atoms with Crippen LogP contribution in [0, 0.1) is 0 Å². The second-order valence-electron chi connectivity index (χ2n) is 4.13. The summed E-state index contributed by atoms with van der Waals surface area (Å²) < 4.78 is 0. The Morgan fingerprint density at radius 1 is 1.27 bits per heavy atom. The molecule has 0 aliphatic heterocycles. The van der Waals surface area contributed by atoms with E-state index in [0.717, 1.165) is 6.54 Å². The van der Waals surface area contributed by atoms with Gasteiger partial charge in [0, 0.05) is 25.0 Å². The van der Waals surface area contributed by atoms with E-state index in [4.69, 9.17) is 0 Å². The molecule has 0 spiro atoms. The largest absolute Gasteiger partial charge is 0.310 e. The monoisotopic (exact) mass is 206 g/mol. The van der Waals surface area contributed by atoms with E-state index < -0.39 is 0 Å². The summed E-state index contributed by atoms with van der Waals surface area (Å²) in [7, 11) is 0. The molecule has 0 bridgehead atoms. The second kappa shape index (κ2) is 7.41. The van der Waals surface area contributed by atoms with Crippen molar-refractivity contribution in [2.75, 3.05) is 0 Å². The van der Waals surface area contributed by atoms with Crippen molar-refractivity contribution in [3.63, 3.8) is 0 Å². The zero-order chi connectivity index (χ0) is 10.9. The van der Waals surface area contributed by atoms with Gasteiger partial charge < -0.3 is 5.32 Å². The van der Waals surface area contributed by atoms with Crippen LogP contribution in [0.15, 0.2) is 24.5 Å². The summed E-state index contributed by atoms with van der Waals surface area (Å²) in [5.41, 5.74) is 1.31. The third kappa shape index (κ3) is 5.53. The van der Waals surface area contributed by atoms with Gasteiger partial charge in [-0.05, 0) is 31.0 Å². The Hall–Kier alpha value is -0.890. The van der Waals surface area contributed by atoms with Gasteiger partial charge in [-0.1, -0.05) is 26.2 Å². The van der Waals surface area contributed by atoms with Gasteiger partial charge in [-0.3, -0.25) is 4.98 Å². The molecule has 1 unspecified atom stereocenters. The van der Waals surface area contributed by atoms with Crippen LogP contribution in [0.25, 0.3) is 0 Å². The summed E-state index contributed by atoms with van der Waals surface area (Å²) in [5.74, 6) is 0. The third-order valence-corrected chi connectivity index (χ3v) is 2.64. The molecule has 0 aliphatic rings. The van der Waals surface area contributed by atoms with Crippen LogP contribution in [0.5, 0.6) is 0 Å². The fourth-order valence-corrected chi connectivity index (χ4v) is 1.60. The van der Waals surface area contributed by atoms with Gasteiger partial charge in [0.05, 0.1) is 0 Å². The minimum absolute atomic E-state index is 0.615. The highest BCUT2D eigenvalue weighted by atomic mass is 14.9. The molecule has 1 aromatic rings. The average molecular weight is 206 g/mol. The lowest BCUT2D eigenvalue weighted by Crippen LogP contribution is -2.25. The van der Waals surface area contributed by atoms with Gasteiger partial charge >= 0.3 is 0 Å². The Kier molecular flexibility index (Phi) is 6.02. The maximum atomic E-state index is 4.01. The third-order valence-electron chi connectivity index (χ3n) is 2.64. The zero-order valence-electron chi connectivity index (χ0n) is 9.87. The minimum Gasteiger partial charge on any atom is -0.310 e. The number of pyridine rings is 1. The molecule has 2 heteroatoms. The number of nitrogens with one attached hydrogen (secondary N) is 1. The predicted octanol–water partition coefficient (Wildman–Crippen LogP) is 3.14. The summed E-state index contributed by atoms with van der Waals surface area (Å²) in [6.45, 7) is 5.46. The first-order chi connectivity index (χ1) is 7.33. The molecule has 1 heterocycles. The van der Waals surface area contributed by atoms with Gasteiger partial charge in [-0.2, -0.15) is 0 Å². The quantitative estimate of drug-likeness (QED) is 0.693. The SMILES string of the molecule is CCCCCC(C)NCc1ccncc1. The highest BCUT2D eigenvalue weighted by molar-refractivity contribution is 5.09. The maximum Gasteiger partial charge on any atom is 0.0271 e. The summed E-state index contributed by atoms with van der Waals surface area (Å²) in [4.78, 5) is 4.01. The van der Waals surface area contributed by atoms with E-state index in [1.54, 1.807) is 0 Å². The van der Waals surface area contributed by atoms with E-state index in [-0.39, 0.29) is 0 Å². The molecule has 84 valence electrons. The van der Waals surface area contributed by atoms with Crippen LogP contribution < -0.4 is 5.32 Å². The first-order valence-electron chi connectivity index (χ1n) is 5.95. The molecule has 0 aliphatic carbocycles. The molecule has 0 saturated carbocycles. The van der Waals surface area contributed by atoms with Crippen molar-refractivity contribution in [1.82, 2.24) is 10.3 Å². The van der Waals surface area contributed by atoms with E-state index in [9.17, 15) is 0 Å². The normalized spacial score (nSPS) is 12.7. The smallest absolute Gasteiger partial charge is 0.0271 e. The second-order valence-corrected chi connectivity index (χ2v) is 4.13. The van der Waals surface area contributed by atoms with Crippen LogP contribution in [0.3, 0.4) is 0 Å². The average Bonchev–Trinajstić information content (AvgIpc) is 2.28. The van der Waals surface area contributed by atoms with Gasteiger partial charge in [0.1, 0.15) is 0 Å². The summed E-state index contributed by atoms with van der Waals surface area (Å²) in [6.07, 6.45) is 8.95. The van der Waals surface area contributed by atoms with Gasteiger partial charge in [0.15, 0.2) is 0 Å². The molecule has 0 fully saturated rings. The van der Waals surface area contributed by atoms with E-state index in [2.05, 4.69) is 36.3 Å². The number of nitrogens with zero attached hydrogens (tertiary/aromatic N) is 1. The first-order valence-corrected chi connectivity index (χ1v) is 5.95. The van der Waals surface area contributed by atoms with Crippen molar-refractivity contribution in [3.8, 4) is 0 Å². The Morgan fingerprint density at radius 2 is 2.00 bits per heavy atom. The molecule has 1 N–H and O–H groups in total.